The van der Waals surface area contributed by atoms with Gasteiger partial charge in [-0.3, -0.25) is 4.79 Å². The molecule has 0 aliphatic carbocycles. The van der Waals surface area contributed by atoms with E-state index in [0.717, 1.165) is 25.2 Å². The summed E-state index contributed by atoms with van der Waals surface area (Å²) in [5.74, 6) is 0.997. The molecule has 15 heavy (non-hydrogen) atoms. The van der Waals surface area contributed by atoms with Crippen molar-refractivity contribution in [3.05, 3.63) is 23.5 Å². The number of rotatable bonds is 4. The Morgan fingerprint density at radius 1 is 1.60 bits per heavy atom. The van der Waals surface area contributed by atoms with Crippen LogP contribution in [0.25, 0.3) is 0 Å². The zero-order chi connectivity index (χ0) is 11.3. The van der Waals surface area contributed by atoms with Crippen LogP contribution in [0.5, 0.6) is 0 Å². The number of dihydropyridines is 1. The number of carbonyl (C=O) groups is 1. The van der Waals surface area contributed by atoms with Crippen LogP contribution < -0.4 is 10.6 Å². The molecule has 2 N–H and O–H groups in total. The predicted octanol–water partition coefficient (Wildman–Crippen LogP) is 1.93. The van der Waals surface area contributed by atoms with E-state index >= 15 is 0 Å². The quantitative estimate of drug-likeness (QED) is 0.741. The van der Waals surface area contributed by atoms with Gasteiger partial charge in [0, 0.05) is 12.5 Å². The van der Waals surface area contributed by atoms with Crippen molar-refractivity contribution in [2.24, 2.45) is 5.92 Å². The molecule has 0 saturated carbocycles. The average Bonchev–Trinajstić information content (AvgIpc) is 2.28. The van der Waals surface area contributed by atoms with Crippen molar-refractivity contribution in [3.8, 4) is 0 Å². The van der Waals surface area contributed by atoms with Gasteiger partial charge in [-0.05, 0) is 24.5 Å². The Hall–Kier alpha value is -1.25. The van der Waals surface area contributed by atoms with Crippen molar-refractivity contribution in [3.63, 3.8) is 0 Å². The summed E-state index contributed by atoms with van der Waals surface area (Å²) in [6.45, 7) is 6.87. The number of carbonyl (C=O) groups excluding carboxylic acids is 1. The fraction of sp³-hybridized carbons (Fsp3) is 0.583. The number of allylic oxidation sites excluding steroid dienone is 2. The molecule has 1 aliphatic rings. The molecule has 1 rings (SSSR count). The molecule has 1 amide bonds. The Labute approximate surface area is 91.6 Å². The molecule has 1 heterocycles. The first-order valence-electron chi connectivity index (χ1n) is 5.62. The van der Waals surface area contributed by atoms with Crippen LogP contribution in [0, 0.1) is 5.92 Å². The first-order valence-corrected chi connectivity index (χ1v) is 5.62. The highest BCUT2D eigenvalue weighted by Crippen LogP contribution is 2.09. The van der Waals surface area contributed by atoms with Crippen LogP contribution in [0.4, 0.5) is 0 Å². The van der Waals surface area contributed by atoms with Crippen LogP contribution in [0.2, 0.25) is 0 Å². The molecule has 0 fully saturated rings. The molecule has 1 aliphatic heterocycles. The lowest BCUT2D eigenvalue weighted by Gasteiger charge is -2.18. The van der Waals surface area contributed by atoms with Crippen molar-refractivity contribution in [1.82, 2.24) is 10.6 Å². The Morgan fingerprint density at radius 3 is 2.93 bits per heavy atom. The van der Waals surface area contributed by atoms with Gasteiger partial charge in [-0.1, -0.05) is 26.8 Å². The summed E-state index contributed by atoms with van der Waals surface area (Å²) in [5, 5.41) is 6.05. The van der Waals surface area contributed by atoms with Crippen molar-refractivity contribution >= 4 is 5.91 Å². The van der Waals surface area contributed by atoms with E-state index in [2.05, 4.69) is 23.6 Å². The monoisotopic (exact) mass is 208 g/mol. The van der Waals surface area contributed by atoms with E-state index in [-0.39, 0.29) is 11.8 Å². The Kier molecular flexibility index (Phi) is 4.40. The van der Waals surface area contributed by atoms with Gasteiger partial charge in [-0.25, -0.2) is 0 Å². The van der Waals surface area contributed by atoms with E-state index in [4.69, 9.17) is 0 Å². The van der Waals surface area contributed by atoms with Crippen molar-refractivity contribution < 1.29 is 4.79 Å². The maximum Gasteiger partial charge on any atom is 0.228 e. The molecule has 0 bridgehead atoms. The van der Waals surface area contributed by atoms with Crippen LogP contribution in [-0.4, -0.2) is 12.5 Å². The van der Waals surface area contributed by atoms with Gasteiger partial charge in [0.25, 0.3) is 0 Å². The maximum atomic E-state index is 11.6. The Balaban J connectivity index is 2.55. The Bertz CT molecular complexity index is 292. The number of hydrogen-bond donors (Lipinski definition) is 2. The summed E-state index contributed by atoms with van der Waals surface area (Å²) in [4.78, 5) is 11.6. The summed E-state index contributed by atoms with van der Waals surface area (Å²) in [7, 11) is 0. The van der Waals surface area contributed by atoms with Gasteiger partial charge in [0.2, 0.25) is 5.91 Å². The van der Waals surface area contributed by atoms with Crippen LogP contribution in [0.3, 0.4) is 0 Å². The van der Waals surface area contributed by atoms with Gasteiger partial charge in [0.1, 0.15) is 5.82 Å². The van der Waals surface area contributed by atoms with Gasteiger partial charge in [-0.15, -0.1) is 0 Å². The van der Waals surface area contributed by atoms with Crippen LogP contribution in [0.15, 0.2) is 23.5 Å². The maximum absolute atomic E-state index is 11.6. The van der Waals surface area contributed by atoms with E-state index < -0.39 is 0 Å². The molecule has 3 nitrogen and oxygen atoms in total. The number of nitrogens with one attached hydrogen (secondary N) is 2. The highest BCUT2D eigenvalue weighted by molar-refractivity contribution is 5.80. The molecule has 3 heteroatoms. The van der Waals surface area contributed by atoms with Crippen LogP contribution in [-0.2, 0) is 4.79 Å². The van der Waals surface area contributed by atoms with Gasteiger partial charge in [-0.2, -0.15) is 0 Å². The highest BCUT2D eigenvalue weighted by Gasteiger charge is 2.12. The lowest BCUT2D eigenvalue weighted by Crippen LogP contribution is -2.36. The molecule has 1 atom stereocenters. The summed E-state index contributed by atoms with van der Waals surface area (Å²) in [6.07, 6.45) is 6.02. The van der Waals surface area contributed by atoms with E-state index in [1.54, 1.807) is 0 Å². The second kappa shape index (κ2) is 5.59. The molecule has 0 spiro atoms. The van der Waals surface area contributed by atoms with E-state index in [1.807, 2.05) is 19.9 Å². The molecular formula is C12H20N2O. The molecule has 0 saturated heterocycles. The van der Waals surface area contributed by atoms with Gasteiger partial charge in [0.05, 0.1) is 0 Å². The summed E-state index contributed by atoms with van der Waals surface area (Å²) >= 11 is 0. The third-order valence-electron chi connectivity index (χ3n) is 2.71. The highest BCUT2D eigenvalue weighted by atomic mass is 16.1. The molecule has 84 valence electrons. The lowest BCUT2D eigenvalue weighted by atomic mass is 10.1. The minimum atomic E-state index is 0.0729. The molecule has 0 radical (unpaired) electrons. The van der Waals surface area contributed by atoms with Crippen molar-refractivity contribution in [2.45, 2.75) is 33.6 Å². The first-order chi connectivity index (χ1) is 7.17. The van der Waals surface area contributed by atoms with Gasteiger partial charge >= 0.3 is 0 Å². The largest absolute Gasteiger partial charge is 0.368 e. The smallest absolute Gasteiger partial charge is 0.228 e. The van der Waals surface area contributed by atoms with E-state index in [9.17, 15) is 4.79 Å². The number of amides is 1. The minimum Gasteiger partial charge on any atom is -0.368 e. The molecule has 0 aromatic heterocycles. The van der Waals surface area contributed by atoms with E-state index in [1.165, 1.54) is 5.57 Å². The third kappa shape index (κ3) is 3.42. The van der Waals surface area contributed by atoms with Crippen molar-refractivity contribution in [2.75, 3.05) is 6.54 Å². The second-order valence-corrected chi connectivity index (χ2v) is 3.87. The van der Waals surface area contributed by atoms with E-state index in [0.29, 0.717) is 0 Å². The zero-order valence-corrected chi connectivity index (χ0v) is 9.76. The summed E-state index contributed by atoms with van der Waals surface area (Å²) in [6, 6.07) is 0. The molecule has 0 aromatic carbocycles. The number of hydrogen-bond acceptors (Lipinski definition) is 2. The van der Waals surface area contributed by atoms with Crippen LogP contribution in [0.1, 0.15) is 33.6 Å². The fourth-order valence-corrected chi connectivity index (χ4v) is 1.36. The lowest BCUT2D eigenvalue weighted by molar-refractivity contribution is -0.123. The second-order valence-electron chi connectivity index (χ2n) is 3.87. The fourth-order valence-electron chi connectivity index (χ4n) is 1.36. The zero-order valence-electron chi connectivity index (χ0n) is 9.76. The average molecular weight is 208 g/mol. The first kappa shape index (κ1) is 11.8. The van der Waals surface area contributed by atoms with Gasteiger partial charge < -0.3 is 10.6 Å². The van der Waals surface area contributed by atoms with Crippen molar-refractivity contribution in [1.29, 1.82) is 0 Å². The SMILES string of the molecule is CCC1=CCNC(NC(=O)C(C)CC)=C1. The molecule has 1 unspecified atom stereocenters. The van der Waals surface area contributed by atoms with Crippen LogP contribution >= 0.6 is 0 Å². The third-order valence-corrected chi connectivity index (χ3v) is 2.71. The minimum absolute atomic E-state index is 0.0729. The topological polar surface area (TPSA) is 41.1 Å². The molecule has 0 aromatic rings. The predicted molar refractivity (Wildman–Crippen MR) is 62.1 cm³/mol. The summed E-state index contributed by atoms with van der Waals surface area (Å²) in [5.41, 5.74) is 1.27. The standard InChI is InChI=1S/C12H20N2O/c1-4-9(3)12(15)14-11-8-10(5-2)6-7-13-11/h6,8-9,13H,4-5,7H2,1-3H3,(H,14,15). The molecular weight excluding hydrogens is 188 g/mol. The van der Waals surface area contributed by atoms with Gasteiger partial charge in [0.15, 0.2) is 0 Å². The normalized spacial score (nSPS) is 17.3. The summed E-state index contributed by atoms with van der Waals surface area (Å²) < 4.78 is 0. The Morgan fingerprint density at radius 2 is 2.33 bits per heavy atom.